The predicted octanol–water partition coefficient (Wildman–Crippen LogP) is 5.20. The van der Waals surface area contributed by atoms with E-state index in [1.807, 2.05) is 53.4 Å². The Labute approximate surface area is 196 Å². The van der Waals surface area contributed by atoms with Crippen molar-refractivity contribution >= 4 is 28.4 Å². The maximum Gasteiger partial charge on any atom is 0.321 e. The maximum absolute atomic E-state index is 13.3. The Balaban J connectivity index is 1.26. The van der Waals surface area contributed by atoms with Crippen LogP contribution in [-0.4, -0.2) is 34.4 Å². The summed E-state index contributed by atoms with van der Waals surface area (Å²) in [5, 5.41) is 6.47. The molecule has 0 atom stereocenters. The highest BCUT2D eigenvalue weighted by Gasteiger charge is 2.27. The normalized spacial score (nSPS) is 15.7. The van der Waals surface area contributed by atoms with Crippen LogP contribution in [-0.2, 0) is 13.0 Å². The van der Waals surface area contributed by atoms with Crippen LogP contribution in [0.2, 0.25) is 0 Å². The van der Waals surface area contributed by atoms with Crippen LogP contribution in [0.25, 0.3) is 0 Å². The van der Waals surface area contributed by atoms with E-state index in [0.29, 0.717) is 41.7 Å². The lowest BCUT2D eigenvalue weighted by molar-refractivity contribution is 0.0733. The Hall–Kier alpha value is -3.39. The molecule has 0 bridgehead atoms. The summed E-state index contributed by atoms with van der Waals surface area (Å²) < 4.78 is 5.98. The molecule has 33 heavy (non-hydrogen) atoms. The van der Waals surface area contributed by atoms with Crippen molar-refractivity contribution < 1.29 is 14.3 Å². The van der Waals surface area contributed by atoms with Crippen LogP contribution >= 0.6 is 11.3 Å². The number of anilines is 1. The molecule has 8 heteroatoms. The van der Waals surface area contributed by atoms with Crippen molar-refractivity contribution in [3.63, 3.8) is 0 Å². The number of rotatable bonds is 5. The van der Waals surface area contributed by atoms with E-state index in [1.54, 1.807) is 6.07 Å². The van der Waals surface area contributed by atoms with E-state index in [0.717, 1.165) is 23.4 Å². The van der Waals surface area contributed by atoms with E-state index in [9.17, 15) is 9.59 Å². The van der Waals surface area contributed by atoms with Gasteiger partial charge >= 0.3 is 6.03 Å². The largest absolute Gasteiger partial charge is 0.457 e. The van der Waals surface area contributed by atoms with Gasteiger partial charge in [-0.3, -0.25) is 10.1 Å². The first-order chi connectivity index (χ1) is 16.2. The fourth-order valence-corrected chi connectivity index (χ4v) is 5.35. The second kappa shape index (κ2) is 9.62. The van der Waals surface area contributed by atoms with Gasteiger partial charge in [0, 0.05) is 23.9 Å². The summed E-state index contributed by atoms with van der Waals surface area (Å²) in [6, 6.07) is 16.8. The number of urea groups is 1. The summed E-state index contributed by atoms with van der Waals surface area (Å²) in [7, 11) is 0. The van der Waals surface area contributed by atoms with Crippen molar-refractivity contribution in [2.24, 2.45) is 0 Å². The molecule has 170 valence electrons. The lowest BCUT2D eigenvalue weighted by Crippen LogP contribution is -2.36. The number of carbonyl (C=O) groups excluding carboxylic acids is 2. The number of amides is 3. The number of nitrogens with one attached hydrogen (secondary N) is 2. The van der Waals surface area contributed by atoms with Crippen LogP contribution in [0.15, 0.2) is 54.6 Å². The van der Waals surface area contributed by atoms with Crippen molar-refractivity contribution in [2.75, 3.05) is 11.9 Å². The number of hydrogen-bond acceptors (Lipinski definition) is 5. The standard InChI is InChI=1S/C25H26N4O3S/c30-23(19-12-6-7-13-21(19)32-18-10-2-1-3-11-18)29-15-14-20-22(16-29)33-25(27-20)28-24(31)26-17-8-4-5-9-17/h1-3,6-7,10-13,17H,4-5,8-9,14-16H2,(H2,26,27,28,31). The maximum atomic E-state index is 13.3. The van der Waals surface area contributed by atoms with E-state index in [1.165, 1.54) is 24.2 Å². The van der Waals surface area contributed by atoms with Gasteiger partial charge in [-0.25, -0.2) is 9.78 Å². The number of para-hydroxylation sites is 2. The minimum atomic E-state index is -0.201. The summed E-state index contributed by atoms with van der Waals surface area (Å²) in [6.07, 6.45) is 5.06. The van der Waals surface area contributed by atoms with E-state index in [-0.39, 0.29) is 18.0 Å². The zero-order valence-corrected chi connectivity index (χ0v) is 19.1. The highest BCUT2D eigenvalue weighted by atomic mass is 32.1. The van der Waals surface area contributed by atoms with Crippen LogP contribution in [0.4, 0.5) is 9.93 Å². The van der Waals surface area contributed by atoms with Crippen LogP contribution in [0.5, 0.6) is 11.5 Å². The molecule has 0 unspecified atom stereocenters. The van der Waals surface area contributed by atoms with E-state index < -0.39 is 0 Å². The van der Waals surface area contributed by atoms with Crippen molar-refractivity contribution in [1.29, 1.82) is 0 Å². The molecule has 1 saturated carbocycles. The first-order valence-corrected chi connectivity index (χ1v) is 12.1. The first kappa shape index (κ1) is 21.5. The third-order valence-electron chi connectivity index (χ3n) is 6.02. The second-order valence-corrected chi connectivity index (χ2v) is 9.44. The van der Waals surface area contributed by atoms with Gasteiger partial charge in [0.15, 0.2) is 5.13 Å². The molecule has 2 aliphatic rings. The Morgan fingerprint density at radius 3 is 2.61 bits per heavy atom. The quantitative estimate of drug-likeness (QED) is 0.546. The monoisotopic (exact) mass is 462 g/mol. The lowest BCUT2D eigenvalue weighted by Gasteiger charge is -2.26. The third kappa shape index (κ3) is 5.01. The molecular weight excluding hydrogens is 436 g/mol. The SMILES string of the molecule is O=C(Nc1nc2c(s1)CN(C(=O)c1ccccc1Oc1ccccc1)CC2)NC1CCCC1. The van der Waals surface area contributed by atoms with Gasteiger partial charge in [-0.15, -0.1) is 0 Å². The number of nitrogens with zero attached hydrogens (tertiary/aromatic N) is 2. The summed E-state index contributed by atoms with van der Waals surface area (Å²) in [5.74, 6) is 1.15. The van der Waals surface area contributed by atoms with Crippen LogP contribution < -0.4 is 15.4 Å². The van der Waals surface area contributed by atoms with Gasteiger partial charge in [0.1, 0.15) is 11.5 Å². The van der Waals surface area contributed by atoms with Gasteiger partial charge in [-0.2, -0.15) is 0 Å². The molecule has 1 aromatic heterocycles. The topological polar surface area (TPSA) is 83.6 Å². The summed E-state index contributed by atoms with van der Waals surface area (Å²) >= 11 is 1.44. The highest BCUT2D eigenvalue weighted by Crippen LogP contribution is 2.31. The molecule has 7 nitrogen and oxygen atoms in total. The lowest BCUT2D eigenvalue weighted by atomic mass is 10.1. The molecular formula is C25H26N4O3S. The predicted molar refractivity (Wildman–Crippen MR) is 128 cm³/mol. The number of ether oxygens (including phenoxy) is 1. The Morgan fingerprint density at radius 1 is 1.03 bits per heavy atom. The summed E-state index contributed by atoms with van der Waals surface area (Å²) in [6.45, 7) is 1.04. The number of hydrogen-bond donors (Lipinski definition) is 2. The molecule has 1 fully saturated rings. The average Bonchev–Trinajstić information content (AvgIpc) is 3.48. The minimum Gasteiger partial charge on any atom is -0.457 e. The Morgan fingerprint density at radius 2 is 1.79 bits per heavy atom. The minimum absolute atomic E-state index is 0.0749. The fraction of sp³-hybridized carbons (Fsp3) is 0.320. The molecule has 3 aromatic rings. The molecule has 0 radical (unpaired) electrons. The van der Waals surface area contributed by atoms with Crippen LogP contribution in [0.3, 0.4) is 0 Å². The van der Waals surface area contributed by atoms with Crippen LogP contribution in [0, 0.1) is 0 Å². The first-order valence-electron chi connectivity index (χ1n) is 11.3. The molecule has 1 aliphatic heterocycles. The van der Waals surface area contributed by atoms with E-state index in [4.69, 9.17) is 4.74 Å². The van der Waals surface area contributed by atoms with E-state index >= 15 is 0 Å². The van der Waals surface area contributed by atoms with Gasteiger partial charge < -0.3 is 15.0 Å². The highest BCUT2D eigenvalue weighted by molar-refractivity contribution is 7.15. The molecule has 2 aromatic carbocycles. The molecule has 0 saturated heterocycles. The van der Waals surface area contributed by atoms with Crippen molar-refractivity contribution in [1.82, 2.24) is 15.2 Å². The summed E-state index contributed by atoms with van der Waals surface area (Å²) in [5.41, 5.74) is 1.48. The number of thiazole rings is 1. The van der Waals surface area contributed by atoms with Crippen molar-refractivity contribution in [2.45, 2.75) is 44.7 Å². The number of aromatic nitrogens is 1. The Kier molecular flexibility index (Phi) is 6.26. The smallest absolute Gasteiger partial charge is 0.321 e. The number of carbonyl (C=O) groups is 2. The van der Waals surface area contributed by atoms with Gasteiger partial charge in [0.2, 0.25) is 0 Å². The molecule has 5 rings (SSSR count). The van der Waals surface area contributed by atoms with Crippen molar-refractivity contribution in [3.05, 3.63) is 70.7 Å². The zero-order valence-electron chi connectivity index (χ0n) is 18.3. The molecule has 3 amide bonds. The van der Waals surface area contributed by atoms with Gasteiger partial charge in [0.05, 0.1) is 17.8 Å². The van der Waals surface area contributed by atoms with Gasteiger partial charge in [0.25, 0.3) is 5.91 Å². The van der Waals surface area contributed by atoms with Gasteiger partial charge in [-0.05, 0) is 37.1 Å². The van der Waals surface area contributed by atoms with Gasteiger partial charge in [-0.1, -0.05) is 54.5 Å². The Bertz CT molecular complexity index is 1140. The average molecular weight is 463 g/mol. The molecule has 1 aliphatic carbocycles. The summed E-state index contributed by atoms with van der Waals surface area (Å²) in [4.78, 5) is 33.1. The molecule has 0 spiro atoms. The molecule has 2 heterocycles. The molecule has 2 N–H and O–H groups in total. The second-order valence-electron chi connectivity index (χ2n) is 8.36. The number of benzene rings is 2. The number of fused-ring (bicyclic) bond motifs is 1. The fourth-order valence-electron chi connectivity index (χ4n) is 4.33. The van der Waals surface area contributed by atoms with E-state index in [2.05, 4.69) is 15.6 Å². The zero-order chi connectivity index (χ0) is 22.6. The van der Waals surface area contributed by atoms with Crippen molar-refractivity contribution in [3.8, 4) is 11.5 Å². The third-order valence-corrected chi connectivity index (χ3v) is 7.02. The van der Waals surface area contributed by atoms with Crippen LogP contribution in [0.1, 0.15) is 46.6 Å².